The largest absolute Gasteiger partial charge is 0.496 e. The van der Waals surface area contributed by atoms with E-state index in [0.29, 0.717) is 0 Å². The van der Waals surface area contributed by atoms with Crippen molar-refractivity contribution in [1.82, 2.24) is 39.2 Å². The molecular weight excluding hydrogens is 1040 g/mol. The number of hydrogen-bond donors (Lipinski definition) is 2. The number of rotatable bonds is 14. The van der Waals surface area contributed by atoms with Gasteiger partial charge in [0.1, 0.15) is 24.8 Å². The van der Waals surface area contributed by atoms with E-state index in [4.69, 9.17) is 28.4 Å². The van der Waals surface area contributed by atoms with E-state index in [1.807, 2.05) is 0 Å². The molecule has 5 fully saturated rings. The Labute approximate surface area is 456 Å². The van der Waals surface area contributed by atoms with Gasteiger partial charge in [0.2, 0.25) is 0 Å². The Bertz CT molecular complexity index is 3150. The number of methoxy groups -OCH3 is 2. The quantitative estimate of drug-likeness (QED) is 0.134. The minimum absolute atomic E-state index is 0.110. The van der Waals surface area contributed by atoms with E-state index in [0.717, 1.165) is 39.2 Å². The van der Waals surface area contributed by atoms with Crippen molar-refractivity contribution < 1.29 is 76.4 Å². The Morgan fingerprint density at radius 1 is 0.400 bits per heavy atom. The van der Waals surface area contributed by atoms with Crippen LogP contribution in [0.25, 0.3) is 0 Å². The topological polar surface area (TPSA) is 276 Å². The molecule has 10 amide bonds. The Morgan fingerprint density at radius 2 is 0.675 bits per heavy atom. The van der Waals surface area contributed by atoms with Crippen molar-refractivity contribution in [2.24, 2.45) is 0 Å². The van der Waals surface area contributed by atoms with Gasteiger partial charge in [-0.25, -0.2) is 38.4 Å². The molecule has 4 aromatic carbocycles. The number of nitrogens with one attached hydrogen (secondary N) is 2. The van der Waals surface area contributed by atoms with Crippen LogP contribution in [-0.2, 0) is 64.3 Å². The van der Waals surface area contributed by atoms with Crippen molar-refractivity contribution >= 4 is 71.2 Å². The number of ether oxygens (including phenoxy) is 6. The van der Waals surface area contributed by atoms with Gasteiger partial charge >= 0.3 is 48.0 Å². The fourth-order valence-corrected chi connectivity index (χ4v) is 12.7. The molecule has 416 valence electrons. The number of urea groups is 4. The van der Waals surface area contributed by atoms with Crippen LogP contribution in [0.5, 0.6) is 11.5 Å². The molecule has 80 heavy (non-hydrogen) atoms. The summed E-state index contributed by atoms with van der Waals surface area (Å²) < 4.78 is 35.0. The highest BCUT2D eigenvalue weighted by atomic mass is 16.6. The number of amides is 10. The van der Waals surface area contributed by atoms with Crippen LogP contribution in [0.1, 0.15) is 70.7 Å². The molecule has 0 aromatic heterocycles. The second-order valence-corrected chi connectivity index (χ2v) is 19.2. The van der Waals surface area contributed by atoms with Gasteiger partial charge in [-0.2, -0.15) is 0 Å². The molecule has 5 saturated heterocycles. The number of nitrogens with zero attached hydrogens (tertiary/aromatic N) is 8. The van der Waals surface area contributed by atoms with E-state index in [1.54, 1.807) is 60.7 Å². The fraction of sp³-hybridized carbons (Fsp3) is 0.370. The van der Waals surface area contributed by atoms with Crippen molar-refractivity contribution in [3.05, 3.63) is 118 Å². The van der Waals surface area contributed by atoms with Gasteiger partial charge in [-0.3, -0.25) is 48.8 Å². The van der Waals surface area contributed by atoms with Gasteiger partial charge in [0.25, 0.3) is 34.5 Å². The molecule has 26 nitrogen and oxygen atoms in total. The molecule has 0 aliphatic carbocycles. The maximum Gasteiger partial charge on any atom is 0.359 e. The Hall–Kier alpha value is -9.62. The lowest BCUT2D eigenvalue weighted by Crippen LogP contribution is -2.81. The monoisotopic (exact) mass is 1100 g/mol. The van der Waals surface area contributed by atoms with Gasteiger partial charge in [0.15, 0.2) is 0 Å². The van der Waals surface area contributed by atoms with Crippen LogP contribution in [0.15, 0.2) is 84.9 Å². The molecule has 0 bridgehead atoms. The number of carbonyl (C=O) groups is 10. The minimum atomic E-state index is -3.07. The Morgan fingerprint density at radius 3 is 0.950 bits per heavy atom. The van der Waals surface area contributed by atoms with Crippen molar-refractivity contribution in [2.75, 3.05) is 64.6 Å². The highest BCUT2D eigenvalue weighted by Crippen LogP contribution is 2.62. The molecule has 0 saturated carbocycles. The average molecular weight is 1100 g/mol. The van der Waals surface area contributed by atoms with Crippen LogP contribution < -0.4 is 20.1 Å². The number of benzene rings is 4. The van der Waals surface area contributed by atoms with Crippen molar-refractivity contribution in [1.29, 1.82) is 0 Å². The standard InChI is InChI=1S/C54H54N10O16/c1-7-77-43(67)51-53(45(69)79-9-3)61-29-62-48(72)58-26-34-36(40(76-6)24-22-38(34)56-42(66)32-19-15-12-16-20-32)28-60-50(74)64(54(62,46(70)80-10-4)52(58,60)44(68)78-8-2)30-63(53)49(73)59(51)27-35-33(25-57(51)47(61)71)37(21-23-39(35)75-5)55-41(65)31-17-13-11-14-18-31/h11-24H,7-10,25-30H2,1-6H3,(H,55,65)(H,56,66). The first-order valence-electron chi connectivity index (χ1n) is 25.7. The van der Waals surface area contributed by atoms with Gasteiger partial charge in [0, 0.05) is 44.8 Å². The smallest absolute Gasteiger partial charge is 0.359 e. The predicted molar refractivity (Wildman–Crippen MR) is 273 cm³/mol. The maximum atomic E-state index is 16.3. The van der Waals surface area contributed by atoms with Gasteiger partial charge in [-0.1, -0.05) is 36.4 Å². The SMILES string of the molecule is CCOC(=O)C12N3Cc4c(NC(=O)c5ccccc5)ccc(OC)c4CN1C(=O)N1CN4C(=O)N5Cc6c(OC)ccc(NC(=O)c7ccccc7)c6CN6C(=O)N(CN(C3=O)C12C(=O)OCC)C4(C(=O)OCC)C65C(=O)OCC. The number of anilines is 2. The predicted octanol–water partition coefficient (Wildman–Crippen LogP) is 3.85. The molecule has 4 unspecified atom stereocenters. The Balaban J connectivity index is 1.17. The van der Waals surface area contributed by atoms with Crippen molar-refractivity contribution in [3.63, 3.8) is 0 Å². The average Bonchev–Trinajstić information content (AvgIpc) is 4.05. The van der Waals surface area contributed by atoms with Crippen LogP contribution >= 0.6 is 0 Å². The molecule has 7 aliphatic rings. The molecule has 4 atom stereocenters. The van der Waals surface area contributed by atoms with Crippen molar-refractivity contribution in [2.45, 2.75) is 76.5 Å². The molecular formula is C54H54N10O16. The maximum absolute atomic E-state index is 16.3. The lowest BCUT2D eigenvalue weighted by atomic mass is 9.88. The Kier molecular flexibility index (Phi) is 12.5. The number of esters is 4. The third-order valence-electron chi connectivity index (χ3n) is 15.8. The van der Waals surface area contributed by atoms with E-state index in [2.05, 4.69) is 10.6 Å². The molecule has 4 aromatic rings. The normalized spacial score (nSPS) is 23.7. The van der Waals surface area contributed by atoms with E-state index in [-0.39, 0.29) is 69.5 Å². The minimum Gasteiger partial charge on any atom is -0.496 e. The first-order chi connectivity index (χ1) is 38.6. The van der Waals surface area contributed by atoms with E-state index < -0.39 is 135 Å². The summed E-state index contributed by atoms with van der Waals surface area (Å²) in [7, 11) is 2.68. The van der Waals surface area contributed by atoms with Crippen LogP contribution in [0, 0.1) is 0 Å². The summed E-state index contributed by atoms with van der Waals surface area (Å²) in [5, 5.41) is 5.75. The van der Waals surface area contributed by atoms with Crippen LogP contribution in [0.2, 0.25) is 0 Å². The second-order valence-electron chi connectivity index (χ2n) is 19.2. The van der Waals surface area contributed by atoms with Gasteiger partial charge < -0.3 is 39.1 Å². The summed E-state index contributed by atoms with van der Waals surface area (Å²) in [5.74, 6) is -6.34. The third kappa shape index (κ3) is 6.51. The molecule has 0 spiro atoms. The highest BCUT2D eigenvalue weighted by molar-refractivity contribution is 6.13. The van der Waals surface area contributed by atoms with Gasteiger partial charge in [-0.05, 0) is 76.2 Å². The molecule has 7 heterocycles. The summed E-state index contributed by atoms with van der Waals surface area (Å²) in [4.78, 5) is 162. The summed E-state index contributed by atoms with van der Waals surface area (Å²) in [6.45, 7) is -0.924. The van der Waals surface area contributed by atoms with Gasteiger partial charge in [-0.15, -0.1) is 0 Å². The fourth-order valence-electron chi connectivity index (χ4n) is 12.7. The highest BCUT2D eigenvalue weighted by Gasteiger charge is 2.93. The van der Waals surface area contributed by atoms with Crippen LogP contribution in [0.3, 0.4) is 0 Å². The molecule has 11 rings (SSSR count). The van der Waals surface area contributed by atoms with E-state index in [9.17, 15) is 9.59 Å². The number of hydrogen-bond acceptors (Lipinski definition) is 16. The zero-order chi connectivity index (χ0) is 56.8. The summed E-state index contributed by atoms with van der Waals surface area (Å²) in [6, 6.07) is 17.5. The van der Waals surface area contributed by atoms with Crippen LogP contribution in [0.4, 0.5) is 30.6 Å². The number of fused-ring (bicyclic) bond motifs is 2. The summed E-state index contributed by atoms with van der Waals surface area (Å²) >= 11 is 0. The third-order valence-corrected chi connectivity index (χ3v) is 15.8. The zero-order valence-electron chi connectivity index (χ0n) is 44.3. The molecule has 0 radical (unpaired) electrons. The zero-order valence-corrected chi connectivity index (χ0v) is 44.3. The molecule has 26 heteroatoms. The first-order valence-corrected chi connectivity index (χ1v) is 25.7. The van der Waals surface area contributed by atoms with Crippen molar-refractivity contribution in [3.8, 4) is 11.5 Å². The molecule has 2 N–H and O–H groups in total. The lowest BCUT2D eigenvalue weighted by molar-refractivity contribution is -0.209. The molecule has 7 aliphatic heterocycles. The summed E-state index contributed by atoms with van der Waals surface area (Å²) in [5.41, 5.74) is -10.6. The van der Waals surface area contributed by atoms with Crippen LogP contribution in [-0.4, -0.2) is 176 Å². The summed E-state index contributed by atoms with van der Waals surface area (Å²) in [6.07, 6.45) is 0. The number of carbonyl (C=O) groups excluding carboxylic acids is 10. The lowest BCUT2D eigenvalue weighted by Gasteiger charge is -2.51. The van der Waals surface area contributed by atoms with Gasteiger partial charge in [0.05, 0.1) is 66.8 Å². The van der Waals surface area contributed by atoms with E-state index >= 15 is 38.4 Å². The first kappa shape index (κ1) is 52.4. The second kappa shape index (κ2) is 19.1. The van der Waals surface area contributed by atoms with E-state index in [1.165, 1.54) is 66.2 Å².